The normalized spacial score (nSPS) is 33.6. The molecule has 0 aromatic carbocycles. The van der Waals surface area contributed by atoms with Crippen LogP contribution in [0.25, 0.3) is 0 Å². The van der Waals surface area contributed by atoms with Crippen LogP contribution in [0.1, 0.15) is 52.9 Å². The first-order valence-corrected chi connectivity index (χ1v) is 6.29. The van der Waals surface area contributed by atoms with Crippen molar-refractivity contribution in [1.29, 1.82) is 0 Å². The molecule has 2 heterocycles. The van der Waals surface area contributed by atoms with Crippen LogP contribution in [0.3, 0.4) is 0 Å². The van der Waals surface area contributed by atoms with Crippen LogP contribution < -0.4 is 0 Å². The fourth-order valence-electron chi connectivity index (χ4n) is 2.93. The number of nitrogens with zero attached hydrogens (tertiary/aromatic N) is 1. The molecule has 0 amide bonds. The molecule has 2 bridgehead atoms. The minimum atomic E-state index is 0.511. The van der Waals surface area contributed by atoms with Gasteiger partial charge in [0.1, 0.15) is 0 Å². The van der Waals surface area contributed by atoms with Gasteiger partial charge in [-0.3, -0.25) is 0 Å². The highest BCUT2D eigenvalue weighted by molar-refractivity contribution is 4.88. The quantitative estimate of drug-likeness (QED) is 0.653. The van der Waals surface area contributed by atoms with E-state index in [4.69, 9.17) is 0 Å². The lowest BCUT2D eigenvalue weighted by molar-refractivity contribution is 0.0409. The number of hydrogen-bond acceptors (Lipinski definition) is 1. The Morgan fingerprint density at radius 2 is 1.71 bits per heavy atom. The molecule has 0 spiro atoms. The van der Waals surface area contributed by atoms with Crippen LogP contribution >= 0.6 is 0 Å². The zero-order chi connectivity index (χ0) is 10.2. The summed E-state index contributed by atoms with van der Waals surface area (Å²) >= 11 is 0. The summed E-state index contributed by atoms with van der Waals surface area (Å²) in [6.45, 7) is 9.81. The standard InChI is InChI=1S/C13H25N/c1-13(2,3)8-9-14-10-11-4-6-12(14)7-5-11/h11-12H,4-10H2,1-3H3. The summed E-state index contributed by atoms with van der Waals surface area (Å²) in [4.78, 5) is 2.77. The van der Waals surface area contributed by atoms with Crippen LogP contribution in [-0.4, -0.2) is 24.0 Å². The molecular formula is C13H25N. The minimum Gasteiger partial charge on any atom is -0.300 e. The van der Waals surface area contributed by atoms with Gasteiger partial charge < -0.3 is 4.90 Å². The Labute approximate surface area is 88.9 Å². The van der Waals surface area contributed by atoms with Gasteiger partial charge in [0.05, 0.1) is 0 Å². The molecule has 1 aliphatic carbocycles. The molecule has 3 fully saturated rings. The smallest absolute Gasteiger partial charge is 0.00955 e. The first kappa shape index (κ1) is 10.5. The zero-order valence-electron chi connectivity index (χ0n) is 10.1. The van der Waals surface area contributed by atoms with Crippen molar-refractivity contribution in [2.45, 2.75) is 58.9 Å². The second-order valence-corrected chi connectivity index (χ2v) is 6.48. The van der Waals surface area contributed by atoms with Gasteiger partial charge in [-0.15, -0.1) is 0 Å². The van der Waals surface area contributed by atoms with Crippen molar-refractivity contribution >= 4 is 0 Å². The third kappa shape index (κ3) is 2.50. The second kappa shape index (κ2) is 3.84. The Hall–Kier alpha value is -0.0400. The highest BCUT2D eigenvalue weighted by Crippen LogP contribution is 2.35. The molecule has 2 aliphatic heterocycles. The van der Waals surface area contributed by atoms with Crippen molar-refractivity contribution in [1.82, 2.24) is 4.90 Å². The lowest BCUT2D eigenvalue weighted by atomic mass is 9.79. The molecule has 3 rings (SSSR count). The molecular weight excluding hydrogens is 170 g/mol. The van der Waals surface area contributed by atoms with E-state index >= 15 is 0 Å². The fourth-order valence-corrected chi connectivity index (χ4v) is 2.93. The fraction of sp³-hybridized carbons (Fsp3) is 1.00. The number of hydrogen-bond donors (Lipinski definition) is 0. The van der Waals surface area contributed by atoms with Crippen molar-refractivity contribution in [3.8, 4) is 0 Å². The summed E-state index contributed by atoms with van der Waals surface area (Å²) < 4.78 is 0. The SMILES string of the molecule is CC(C)(C)CCN1CC2CCC1CC2. The van der Waals surface area contributed by atoms with Crippen LogP contribution in [-0.2, 0) is 0 Å². The molecule has 0 N–H and O–H groups in total. The van der Waals surface area contributed by atoms with Gasteiger partial charge in [0.2, 0.25) is 0 Å². The monoisotopic (exact) mass is 195 g/mol. The van der Waals surface area contributed by atoms with Gasteiger partial charge >= 0.3 is 0 Å². The molecule has 1 heteroatoms. The van der Waals surface area contributed by atoms with Crippen LogP contribution in [0, 0.1) is 11.3 Å². The van der Waals surface area contributed by atoms with E-state index in [0.717, 1.165) is 12.0 Å². The van der Waals surface area contributed by atoms with Crippen molar-refractivity contribution in [2.24, 2.45) is 11.3 Å². The predicted octanol–water partition coefficient (Wildman–Crippen LogP) is 3.30. The van der Waals surface area contributed by atoms with Crippen molar-refractivity contribution in [3.63, 3.8) is 0 Å². The molecule has 0 aromatic rings. The molecule has 0 aromatic heterocycles. The van der Waals surface area contributed by atoms with Gasteiger partial charge in [0.25, 0.3) is 0 Å². The number of rotatable bonds is 2. The van der Waals surface area contributed by atoms with E-state index in [2.05, 4.69) is 25.7 Å². The Bertz CT molecular complexity index is 184. The lowest BCUT2D eigenvalue weighted by Gasteiger charge is -2.46. The van der Waals surface area contributed by atoms with Crippen molar-refractivity contribution in [3.05, 3.63) is 0 Å². The van der Waals surface area contributed by atoms with Crippen molar-refractivity contribution < 1.29 is 0 Å². The number of fused-ring (bicyclic) bond motifs is 3. The highest BCUT2D eigenvalue weighted by Gasteiger charge is 2.33. The van der Waals surface area contributed by atoms with E-state index in [0.29, 0.717) is 5.41 Å². The number of piperidine rings is 2. The molecule has 14 heavy (non-hydrogen) atoms. The highest BCUT2D eigenvalue weighted by atomic mass is 15.2. The summed E-state index contributed by atoms with van der Waals surface area (Å²) in [6.07, 6.45) is 7.34. The molecule has 0 unspecified atom stereocenters. The van der Waals surface area contributed by atoms with E-state index in [1.807, 2.05) is 0 Å². The molecule has 0 radical (unpaired) electrons. The van der Waals surface area contributed by atoms with E-state index in [-0.39, 0.29) is 0 Å². The summed E-state index contributed by atoms with van der Waals surface area (Å²) in [7, 11) is 0. The summed E-state index contributed by atoms with van der Waals surface area (Å²) in [5, 5.41) is 0. The lowest BCUT2D eigenvalue weighted by Crippen LogP contribution is -2.48. The van der Waals surface area contributed by atoms with Crippen molar-refractivity contribution in [2.75, 3.05) is 13.1 Å². The largest absolute Gasteiger partial charge is 0.300 e. The van der Waals surface area contributed by atoms with Gasteiger partial charge in [-0.05, 0) is 50.0 Å². The maximum atomic E-state index is 2.77. The second-order valence-electron chi connectivity index (χ2n) is 6.48. The average molecular weight is 195 g/mol. The van der Waals surface area contributed by atoms with Gasteiger partial charge in [0, 0.05) is 12.6 Å². The van der Waals surface area contributed by atoms with E-state index in [1.165, 1.54) is 45.2 Å². The predicted molar refractivity (Wildman–Crippen MR) is 61.4 cm³/mol. The van der Waals surface area contributed by atoms with Gasteiger partial charge in [-0.25, -0.2) is 0 Å². The van der Waals surface area contributed by atoms with Crippen LogP contribution in [0.15, 0.2) is 0 Å². The van der Waals surface area contributed by atoms with E-state index < -0.39 is 0 Å². The third-order valence-electron chi connectivity index (χ3n) is 3.97. The summed E-state index contributed by atoms with van der Waals surface area (Å²) in [5.41, 5.74) is 0.511. The van der Waals surface area contributed by atoms with Gasteiger partial charge in [0.15, 0.2) is 0 Å². The Kier molecular flexibility index (Phi) is 2.88. The maximum absolute atomic E-state index is 2.77. The maximum Gasteiger partial charge on any atom is 0.00955 e. The Morgan fingerprint density at radius 3 is 2.14 bits per heavy atom. The molecule has 1 nitrogen and oxygen atoms in total. The minimum absolute atomic E-state index is 0.511. The summed E-state index contributed by atoms with van der Waals surface area (Å²) in [6, 6.07) is 0.947. The Balaban J connectivity index is 1.81. The van der Waals surface area contributed by atoms with Gasteiger partial charge in [-0.1, -0.05) is 20.8 Å². The molecule has 1 saturated carbocycles. The first-order valence-electron chi connectivity index (χ1n) is 6.29. The molecule has 0 atom stereocenters. The third-order valence-corrected chi connectivity index (χ3v) is 3.97. The van der Waals surface area contributed by atoms with Gasteiger partial charge in [-0.2, -0.15) is 0 Å². The zero-order valence-corrected chi connectivity index (χ0v) is 10.1. The molecule has 82 valence electrons. The topological polar surface area (TPSA) is 3.24 Å². The molecule has 2 saturated heterocycles. The van der Waals surface area contributed by atoms with E-state index in [9.17, 15) is 0 Å². The molecule has 3 aliphatic rings. The Morgan fingerprint density at radius 1 is 1.07 bits per heavy atom. The van der Waals surface area contributed by atoms with Crippen LogP contribution in [0.4, 0.5) is 0 Å². The van der Waals surface area contributed by atoms with Crippen LogP contribution in [0.2, 0.25) is 0 Å². The summed E-state index contributed by atoms with van der Waals surface area (Å²) in [5.74, 6) is 1.04. The van der Waals surface area contributed by atoms with Crippen LogP contribution in [0.5, 0.6) is 0 Å². The first-order chi connectivity index (χ1) is 6.54. The average Bonchev–Trinajstić information content (AvgIpc) is 2.16. The van der Waals surface area contributed by atoms with E-state index in [1.54, 1.807) is 0 Å².